The number of amides is 1. The van der Waals surface area contributed by atoms with E-state index in [0.29, 0.717) is 18.5 Å². The zero-order valence-corrected chi connectivity index (χ0v) is 15.4. The molecule has 2 N–H and O–H groups in total. The molecule has 0 unspecified atom stereocenters. The Labute approximate surface area is 162 Å². The zero-order valence-electron chi connectivity index (χ0n) is 15.4. The summed E-state index contributed by atoms with van der Waals surface area (Å²) in [6.45, 7) is 0.182. The average Bonchev–Trinajstić information content (AvgIpc) is 2.68. The lowest BCUT2D eigenvalue weighted by Gasteiger charge is -2.43. The van der Waals surface area contributed by atoms with Gasteiger partial charge >= 0.3 is 5.97 Å². The van der Waals surface area contributed by atoms with Crippen molar-refractivity contribution in [2.75, 3.05) is 13.1 Å². The molecule has 28 heavy (non-hydrogen) atoms. The number of likely N-dealkylation sites (tertiary alicyclic amines) is 1. The summed E-state index contributed by atoms with van der Waals surface area (Å²) >= 11 is 0. The van der Waals surface area contributed by atoms with Gasteiger partial charge < -0.3 is 15.1 Å². The van der Waals surface area contributed by atoms with E-state index in [4.69, 9.17) is 0 Å². The number of carboxylic acids is 1. The molecular weight excluding hydrogens is 363 g/mol. The Morgan fingerprint density at radius 1 is 1.25 bits per heavy atom. The molecule has 1 aromatic carbocycles. The van der Waals surface area contributed by atoms with Crippen molar-refractivity contribution in [2.45, 2.75) is 31.8 Å². The first kappa shape index (κ1) is 19.9. The summed E-state index contributed by atoms with van der Waals surface area (Å²) in [6.07, 6.45) is 1.33. The van der Waals surface area contributed by atoms with Crippen LogP contribution in [0.4, 0.5) is 4.39 Å². The molecule has 7 heteroatoms. The van der Waals surface area contributed by atoms with Gasteiger partial charge in [0.25, 0.3) is 0 Å². The standard InChI is InChI=1S/C21H23FN2O4/c22-16-5-3-4-15(12-16)13-21(20(27)28)14-24(11-9-18(21)25)19(26)8-7-17-6-1-2-10-23-17/h1-6,10,12,18,25H,7-9,11,13-14H2,(H,27,28)/t18-,21+/m0/s1. The Morgan fingerprint density at radius 3 is 2.75 bits per heavy atom. The first-order valence-electron chi connectivity index (χ1n) is 9.24. The van der Waals surface area contributed by atoms with E-state index in [-0.39, 0.29) is 31.7 Å². The van der Waals surface area contributed by atoms with Gasteiger partial charge in [0.1, 0.15) is 11.2 Å². The molecule has 2 heterocycles. The molecule has 148 valence electrons. The van der Waals surface area contributed by atoms with Gasteiger partial charge in [-0.15, -0.1) is 0 Å². The van der Waals surface area contributed by atoms with E-state index in [1.54, 1.807) is 18.3 Å². The number of aliphatic carboxylic acids is 1. The normalized spacial score (nSPS) is 22.1. The second-order valence-electron chi connectivity index (χ2n) is 7.21. The highest BCUT2D eigenvalue weighted by atomic mass is 19.1. The summed E-state index contributed by atoms with van der Waals surface area (Å²) in [4.78, 5) is 30.5. The number of rotatable bonds is 6. The number of hydrogen-bond donors (Lipinski definition) is 2. The van der Waals surface area contributed by atoms with Crippen LogP contribution in [0.5, 0.6) is 0 Å². The fourth-order valence-corrected chi connectivity index (χ4v) is 3.70. The number of benzene rings is 1. The van der Waals surface area contributed by atoms with Gasteiger partial charge in [-0.25, -0.2) is 4.39 Å². The van der Waals surface area contributed by atoms with Crippen molar-refractivity contribution >= 4 is 11.9 Å². The number of pyridine rings is 1. The number of aliphatic hydroxyl groups is 1. The summed E-state index contributed by atoms with van der Waals surface area (Å²) in [5.41, 5.74) is -0.298. The Kier molecular flexibility index (Phi) is 6.04. The molecule has 1 aromatic heterocycles. The first-order chi connectivity index (χ1) is 13.4. The number of nitrogens with zero attached hydrogens (tertiary/aromatic N) is 2. The third kappa shape index (κ3) is 4.36. The number of hydrogen-bond acceptors (Lipinski definition) is 4. The largest absolute Gasteiger partial charge is 0.481 e. The minimum Gasteiger partial charge on any atom is -0.481 e. The van der Waals surface area contributed by atoms with Gasteiger partial charge in [0, 0.05) is 31.4 Å². The summed E-state index contributed by atoms with van der Waals surface area (Å²) in [5, 5.41) is 20.4. The van der Waals surface area contributed by atoms with Gasteiger partial charge in [-0.2, -0.15) is 0 Å². The van der Waals surface area contributed by atoms with Gasteiger partial charge in [-0.05, 0) is 49.1 Å². The van der Waals surface area contributed by atoms with Gasteiger partial charge in [0.05, 0.1) is 6.10 Å². The predicted octanol–water partition coefficient (Wildman–Crippen LogP) is 2.06. The number of carbonyl (C=O) groups is 2. The Hall–Kier alpha value is -2.80. The third-order valence-corrected chi connectivity index (χ3v) is 5.29. The quantitative estimate of drug-likeness (QED) is 0.793. The minimum atomic E-state index is -1.56. The van der Waals surface area contributed by atoms with Crippen LogP contribution in [0.3, 0.4) is 0 Å². The van der Waals surface area contributed by atoms with Gasteiger partial charge in [-0.1, -0.05) is 18.2 Å². The molecule has 0 bridgehead atoms. The Balaban J connectivity index is 1.74. The number of carboxylic acid groups (broad SMARTS) is 1. The van der Waals surface area contributed by atoms with Crippen LogP contribution in [0.15, 0.2) is 48.7 Å². The van der Waals surface area contributed by atoms with Crippen molar-refractivity contribution in [3.63, 3.8) is 0 Å². The SMILES string of the molecule is O=C(CCc1ccccn1)N1CC[C@H](O)[C@](Cc2cccc(F)c2)(C(=O)O)C1. The average molecular weight is 386 g/mol. The molecule has 1 amide bonds. The van der Waals surface area contributed by atoms with Gasteiger partial charge in [0.2, 0.25) is 5.91 Å². The molecule has 0 saturated carbocycles. The molecule has 3 rings (SSSR count). The highest BCUT2D eigenvalue weighted by Gasteiger charge is 2.50. The molecule has 0 spiro atoms. The third-order valence-electron chi connectivity index (χ3n) is 5.29. The second kappa shape index (κ2) is 8.48. The van der Waals surface area contributed by atoms with E-state index < -0.39 is 23.3 Å². The summed E-state index contributed by atoms with van der Waals surface area (Å²) < 4.78 is 13.5. The van der Waals surface area contributed by atoms with Crippen molar-refractivity contribution < 1.29 is 24.2 Å². The molecule has 0 aliphatic carbocycles. The number of halogens is 1. The van der Waals surface area contributed by atoms with E-state index in [1.165, 1.54) is 23.1 Å². The van der Waals surface area contributed by atoms with Crippen LogP contribution < -0.4 is 0 Å². The maximum Gasteiger partial charge on any atom is 0.314 e. The van der Waals surface area contributed by atoms with E-state index in [1.807, 2.05) is 12.1 Å². The number of aryl methyl sites for hydroxylation is 1. The van der Waals surface area contributed by atoms with Crippen molar-refractivity contribution in [3.8, 4) is 0 Å². The van der Waals surface area contributed by atoms with Gasteiger partial charge in [0.15, 0.2) is 0 Å². The maximum atomic E-state index is 13.5. The predicted molar refractivity (Wildman–Crippen MR) is 99.9 cm³/mol. The minimum absolute atomic E-state index is 0.0503. The fraction of sp³-hybridized carbons (Fsp3) is 0.381. The highest BCUT2D eigenvalue weighted by molar-refractivity contribution is 5.80. The van der Waals surface area contributed by atoms with Crippen LogP contribution in [0.2, 0.25) is 0 Å². The molecular formula is C21H23FN2O4. The van der Waals surface area contributed by atoms with Crippen LogP contribution >= 0.6 is 0 Å². The van der Waals surface area contributed by atoms with Crippen molar-refractivity contribution in [1.29, 1.82) is 0 Å². The number of aromatic nitrogens is 1. The second-order valence-corrected chi connectivity index (χ2v) is 7.21. The van der Waals surface area contributed by atoms with Gasteiger partial charge in [-0.3, -0.25) is 14.6 Å². The smallest absolute Gasteiger partial charge is 0.314 e. The van der Waals surface area contributed by atoms with Crippen molar-refractivity contribution in [1.82, 2.24) is 9.88 Å². The lowest BCUT2D eigenvalue weighted by molar-refractivity contribution is -0.165. The maximum absolute atomic E-state index is 13.5. The Morgan fingerprint density at radius 2 is 2.07 bits per heavy atom. The van der Waals surface area contributed by atoms with Crippen molar-refractivity contribution in [3.05, 3.63) is 65.7 Å². The first-order valence-corrected chi connectivity index (χ1v) is 9.24. The molecule has 0 radical (unpaired) electrons. The topological polar surface area (TPSA) is 90.7 Å². The van der Waals surface area contributed by atoms with E-state index >= 15 is 0 Å². The van der Waals surface area contributed by atoms with E-state index in [0.717, 1.165) is 5.69 Å². The van der Waals surface area contributed by atoms with Crippen LogP contribution in [-0.4, -0.2) is 51.2 Å². The summed E-state index contributed by atoms with van der Waals surface area (Å²) in [7, 11) is 0. The molecule has 6 nitrogen and oxygen atoms in total. The summed E-state index contributed by atoms with van der Waals surface area (Å²) in [5.74, 6) is -1.83. The lowest BCUT2D eigenvalue weighted by Crippen LogP contribution is -2.58. The fourth-order valence-electron chi connectivity index (χ4n) is 3.70. The molecule has 2 atom stereocenters. The molecule has 1 aliphatic rings. The molecule has 1 saturated heterocycles. The molecule has 2 aromatic rings. The van der Waals surface area contributed by atoms with Crippen molar-refractivity contribution in [2.24, 2.45) is 5.41 Å². The number of carbonyl (C=O) groups excluding carboxylic acids is 1. The monoisotopic (exact) mass is 386 g/mol. The van der Waals surface area contributed by atoms with Crippen LogP contribution in [0.1, 0.15) is 24.1 Å². The molecule has 1 aliphatic heterocycles. The highest BCUT2D eigenvalue weighted by Crippen LogP contribution is 2.35. The van der Waals surface area contributed by atoms with E-state index in [9.17, 15) is 24.2 Å². The number of aliphatic hydroxyl groups excluding tert-OH is 1. The summed E-state index contributed by atoms with van der Waals surface area (Å²) in [6, 6.07) is 11.1. The number of piperidine rings is 1. The molecule has 1 fully saturated rings. The van der Waals surface area contributed by atoms with Crippen LogP contribution in [-0.2, 0) is 22.4 Å². The lowest BCUT2D eigenvalue weighted by atomic mass is 9.72. The van der Waals surface area contributed by atoms with Crippen LogP contribution in [0, 0.1) is 11.2 Å². The zero-order chi connectivity index (χ0) is 20.1. The van der Waals surface area contributed by atoms with E-state index in [2.05, 4.69) is 4.98 Å². The Bertz CT molecular complexity index is 845. The van der Waals surface area contributed by atoms with Crippen LogP contribution in [0.25, 0.3) is 0 Å².